The van der Waals surface area contributed by atoms with Crippen LogP contribution in [0.3, 0.4) is 0 Å². The van der Waals surface area contributed by atoms with Gasteiger partial charge in [0, 0.05) is 0 Å². The SMILES string of the molecule is COc1ccc(C)cc1CCCCCN. The molecule has 0 heterocycles. The van der Waals surface area contributed by atoms with Crippen molar-refractivity contribution in [3.8, 4) is 5.75 Å². The Labute approximate surface area is 92.4 Å². The molecule has 15 heavy (non-hydrogen) atoms. The predicted molar refractivity (Wildman–Crippen MR) is 64.3 cm³/mol. The van der Waals surface area contributed by atoms with Gasteiger partial charge in [0.1, 0.15) is 5.75 Å². The third kappa shape index (κ3) is 3.92. The van der Waals surface area contributed by atoms with Gasteiger partial charge in [0.05, 0.1) is 7.11 Å². The van der Waals surface area contributed by atoms with Crippen molar-refractivity contribution in [1.29, 1.82) is 0 Å². The first-order chi connectivity index (χ1) is 7.27. The summed E-state index contributed by atoms with van der Waals surface area (Å²) in [5, 5.41) is 0. The average Bonchev–Trinajstić information content (AvgIpc) is 2.25. The lowest BCUT2D eigenvalue weighted by atomic mass is 10.0. The van der Waals surface area contributed by atoms with Crippen LogP contribution in [-0.4, -0.2) is 13.7 Å². The molecule has 1 rings (SSSR count). The monoisotopic (exact) mass is 207 g/mol. The van der Waals surface area contributed by atoms with Gasteiger partial charge in [-0.25, -0.2) is 0 Å². The highest BCUT2D eigenvalue weighted by molar-refractivity contribution is 5.36. The minimum Gasteiger partial charge on any atom is -0.496 e. The lowest BCUT2D eigenvalue weighted by Gasteiger charge is -2.09. The summed E-state index contributed by atoms with van der Waals surface area (Å²) in [7, 11) is 1.73. The molecule has 0 aliphatic rings. The Kier molecular flexibility index (Phi) is 5.19. The quantitative estimate of drug-likeness (QED) is 0.728. The van der Waals surface area contributed by atoms with E-state index in [2.05, 4.69) is 19.1 Å². The maximum absolute atomic E-state index is 5.46. The van der Waals surface area contributed by atoms with Crippen LogP contribution in [-0.2, 0) is 6.42 Å². The molecule has 0 bridgehead atoms. The number of methoxy groups -OCH3 is 1. The highest BCUT2D eigenvalue weighted by Crippen LogP contribution is 2.21. The molecule has 2 N–H and O–H groups in total. The van der Waals surface area contributed by atoms with Gasteiger partial charge in [0.15, 0.2) is 0 Å². The molecular weight excluding hydrogens is 186 g/mol. The Morgan fingerprint density at radius 1 is 1.20 bits per heavy atom. The molecule has 1 aromatic carbocycles. The number of ether oxygens (including phenoxy) is 1. The first kappa shape index (κ1) is 12.1. The number of unbranched alkanes of at least 4 members (excludes halogenated alkanes) is 2. The van der Waals surface area contributed by atoms with E-state index in [0.29, 0.717) is 0 Å². The zero-order valence-corrected chi connectivity index (χ0v) is 9.75. The molecular formula is C13H21NO. The van der Waals surface area contributed by atoms with Gasteiger partial charge >= 0.3 is 0 Å². The van der Waals surface area contributed by atoms with E-state index in [4.69, 9.17) is 10.5 Å². The molecule has 1 aromatic rings. The molecule has 0 saturated heterocycles. The van der Waals surface area contributed by atoms with E-state index in [1.807, 2.05) is 6.07 Å². The highest BCUT2D eigenvalue weighted by Gasteiger charge is 2.02. The van der Waals surface area contributed by atoms with E-state index >= 15 is 0 Å². The third-order valence-electron chi connectivity index (χ3n) is 2.59. The van der Waals surface area contributed by atoms with Crippen molar-refractivity contribution in [1.82, 2.24) is 0 Å². The van der Waals surface area contributed by atoms with Crippen LogP contribution in [0.15, 0.2) is 18.2 Å². The Morgan fingerprint density at radius 3 is 2.67 bits per heavy atom. The van der Waals surface area contributed by atoms with Crippen molar-refractivity contribution < 1.29 is 4.74 Å². The third-order valence-corrected chi connectivity index (χ3v) is 2.59. The van der Waals surface area contributed by atoms with E-state index in [-0.39, 0.29) is 0 Å². The summed E-state index contributed by atoms with van der Waals surface area (Å²) in [5.74, 6) is 1.01. The van der Waals surface area contributed by atoms with Crippen LogP contribution in [0.2, 0.25) is 0 Å². The van der Waals surface area contributed by atoms with Crippen LogP contribution in [0.4, 0.5) is 0 Å². The first-order valence-corrected chi connectivity index (χ1v) is 5.61. The molecule has 0 unspecified atom stereocenters. The van der Waals surface area contributed by atoms with Gasteiger partial charge < -0.3 is 10.5 Å². The van der Waals surface area contributed by atoms with E-state index in [0.717, 1.165) is 25.1 Å². The highest BCUT2D eigenvalue weighted by atomic mass is 16.5. The molecule has 0 aliphatic heterocycles. The lowest BCUT2D eigenvalue weighted by molar-refractivity contribution is 0.408. The molecule has 0 fully saturated rings. The Morgan fingerprint density at radius 2 is 2.00 bits per heavy atom. The Balaban J connectivity index is 2.54. The smallest absolute Gasteiger partial charge is 0.122 e. The van der Waals surface area contributed by atoms with Gasteiger partial charge in [-0.2, -0.15) is 0 Å². The molecule has 0 spiro atoms. The molecule has 2 heteroatoms. The maximum atomic E-state index is 5.46. The summed E-state index contributed by atoms with van der Waals surface area (Å²) in [6.45, 7) is 2.91. The second-order valence-corrected chi connectivity index (χ2v) is 3.91. The summed E-state index contributed by atoms with van der Waals surface area (Å²) in [6, 6.07) is 6.34. The molecule has 0 aliphatic carbocycles. The number of hydrogen-bond acceptors (Lipinski definition) is 2. The van der Waals surface area contributed by atoms with Crippen LogP contribution in [0.1, 0.15) is 30.4 Å². The van der Waals surface area contributed by atoms with Crippen LogP contribution < -0.4 is 10.5 Å². The van der Waals surface area contributed by atoms with Crippen LogP contribution in [0.25, 0.3) is 0 Å². The van der Waals surface area contributed by atoms with Crippen molar-refractivity contribution in [3.63, 3.8) is 0 Å². The van der Waals surface area contributed by atoms with Gasteiger partial charge in [0.25, 0.3) is 0 Å². The minimum atomic E-state index is 0.797. The second-order valence-electron chi connectivity index (χ2n) is 3.91. The van der Waals surface area contributed by atoms with Gasteiger partial charge in [0.2, 0.25) is 0 Å². The summed E-state index contributed by atoms with van der Waals surface area (Å²) >= 11 is 0. The summed E-state index contributed by atoms with van der Waals surface area (Å²) in [4.78, 5) is 0. The van der Waals surface area contributed by atoms with E-state index in [1.165, 1.54) is 24.0 Å². The fraction of sp³-hybridized carbons (Fsp3) is 0.538. The molecule has 2 nitrogen and oxygen atoms in total. The molecule has 0 atom stereocenters. The first-order valence-electron chi connectivity index (χ1n) is 5.61. The lowest BCUT2D eigenvalue weighted by Crippen LogP contribution is -1.99. The van der Waals surface area contributed by atoms with Gasteiger partial charge in [-0.1, -0.05) is 24.1 Å². The normalized spacial score (nSPS) is 10.3. The van der Waals surface area contributed by atoms with Crippen molar-refractivity contribution in [2.45, 2.75) is 32.6 Å². The predicted octanol–water partition coefficient (Wildman–Crippen LogP) is 2.68. The second kappa shape index (κ2) is 6.46. The fourth-order valence-electron chi connectivity index (χ4n) is 1.74. The van der Waals surface area contributed by atoms with E-state index in [9.17, 15) is 0 Å². The number of benzene rings is 1. The van der Waals surface area contributed by atoms with Crippen molar-refractivity contribution in [2.24, 2.45) is 5.73 Å². The Hall–Kier alpha value is -1.02. The van der Waals surface area contributed by atoms with Crippen LogP contribution in [0.5, 0.6) is 5.75 Å². The van der Waals surface area contributed by atoms with Gasteiger partial charge in [-0.05, 0) is 44.4 Å². The van der Waals surface area contributed by atoms with E-state index < -0.39 is 0 Å². The average molecular weight is 207 g/mol. The molecule has 84 valence electrons. The molecule has 0 aromatic heterocycles. The number of rotatable bonds is 6. The van der Waals surface area contributed by atoms with Crippen molar-refractivity contribution in [3.05, 3.63) is 29.3 Å². The van der Waals surface area contributed by atoms with E-state index in [1.54, 1.807) is 7.11 Å². The van der Waals surface area contributed by atoms with Gasteiger partial charge in [-0.3, -0.25) is 0 Å². The molecule has 0 amide bonds. The number of aryl methyl sites for hydroxylation is 2. The number of nitrogens with two attached hydrogens (primary N) is 1. The molecule has 0 saturated carbocycles. The fourth-order valence-corrected chi connectivity index (χ4v) is 1.74. The van der Waals surface area contributed by atoms with Crippen LogP contribution in [0, 0.1) is 6.92 Å². The summed E-state index contributed by atoms with van der Waals surface area (Å²) in [6.07, 6.45) is 4.60. The van der Waals surface area contributed by atoms with Crippen LogP contribution >= 0.6 is 0 Å². The Bertz CT molecular complexity index is 297. The minimum absolute atomic E-state index is 0.797. The number of hydrogen-bond donors (Lipinski definition) is 1. The zero-order chi connectivity index (χ0) is 11.1. The maximum Gasteiger partial charge on any atom is 0.122 e. The van der Waals surface area contributed by atoms with Crippen molar-refractivity contribution >= 4 is 0 Å². The summed E-state index contributed by atoms with van der Waals surface area (Å²) < 4.78 is 5.33. The topological polar surface area (TPSA) is 35.2 Å². The van der Waals surface area contributed by atoms with Gasteiger partial charge in [-0.15, -0.1) is 0 Å². The largest absolute Gasteiger partial charge is 0.496 e. The molecule has 0 radical (unpaired) electrons. The summed E-state index contributed by atoms with van der Waals surface area (Å²) in [5.41, 5.74) is 8.07. The standard InChI is InChI=1S/C13H21NO/c1-11-7-8-13(15-2)12(10-11)6-4-3-5-9-14/h7-8,10H,3-6,9,14H2,1-2H3. The van der Waals surface area contributed by atoms with Crippen molar-refractivity contribution in [2.75, 3.05) is 13.7 Å². The zero-order valence-electron chi connectivity index (χ0n) is 9.75.